The number of hydrazine groups is 1. The van der Waals surface area contributed by atoms with Gasteiger partial charge in [0.15, 0.2) is 6.61 Å². The number of esters is 1. The molecule has 3 aromatic rings. The Morgan fingerprint density at radius 2 is 2.00 bits per heavy atom. The van der Waals surface area contributed by atoms with Crippen LogP contribution in [0.4, 0.5) is 0 Å². The Morgan fingerprint density at radius 1 is 1.26 bits per heavy atom. The molecular weight excluding hydrogens is 392 g/mol. The van der Waals surface area contributed by atoms with Crippen LogP contribution in [-0.2, 0) is 14.3 Å². The number of fused-ring (bicyclic) bond motifs is 1. The summed E-state index contributed by atoms with van der Waals surface area (Å²) in [6.45, 7) is 2.56. The number of halogens is 1. The summed E-state index contributed by atoms with van der Waals surface area (Å²) in [4.78, 5) is 35.6. The highest BCUT2D eigenvalue weighted by molar-refractivity contribution is 7.20. The van der Waals surface area contributed by atoms with Gasteiger partial charge >= 0.3 is 5.97 Å². The number of rotatable bonds is 4. The van der Waals surface area contributed by atoms with Gasteiger partial charge in [-0.1, -0.05) is 23.7 Å². The van der Waals surface area contributed by atoms with Crippen molar-refractivity contribution in [2.24, 2.45) is 0 Å². The molecule has 8 nitrogen and oxygen atoms in total. The predicted octanol–water partition coefficient (Wildman–Crippen LogP) is 2.37. The number of thiophene rings is 1. The lowest BCUT2D eigenvalue weighted by Crippen LogP contribution is -2.42. The first kappa shape index (κ1) is 18.9. The molecule has 2 amide bonds. The van der Waals surface area contributed by atoms with Gasteiger partial charge in [0.1, 0.15) is 9.71 Å². The molecule has 10 heteroatoms. The van der Waals surface area contributed by atoms with Crippen LogP contribution in [0.5, 0.6) is 0 Å². The maximum atomic E-state index is 12.2. The third kappa shape index (κ3) is 4.09. The highest BCUT2D eigenvalue weighted by Gasteiger charge is 2.19. The molecule has 2 heterocycles. The first-order chi connectivity index (χ1) is 12.9. The van der Waals surface area contributed by atoms with Crippen LogP contribution in [0.2, 0.25) is 5.02 Å². The topological polar surface area (TPSA) is 102 Å². The van der Waals surface area contributed by atoms with Crippen molar-refractivity contribution in [2.45, 2.75) is 13.8 Å². The second-order valence-corrected chi connectivity index (χ2v) is 7.02. The van der Waals surface area contributed by atoms with Crippen molar-refractivity contribution < 1.29 is 19.1 Å². The van der Waals surface area contributed by atoms with Crippen LogP contribution in [0.1, 0.15) is 22.3 Å². The lowest BCUT2D eigenvalue weighted by molar-refractivity contribution is -0.129. The molecule has 3 rings (SSSR count). The SMILES string of the molecule is CC(=O)NNC(=O)COC(=O)c1cc2c(C)nn(-c3ccccc3Cl)c2s1. The highest BCUT2D eigenvalue weighted by atomic mass is 35.5. The van der Waals surface area contributed by atoms with Gasteiger partial charge in [-0.25, -0.2) is 9.48 Å². The molecule has 0 radical (unpaired) electrons. The number of ether oxygens (including phenoxy) is 1. The van der Waals surface area contributed by atoms with Gasteiger partial charge in [0.05, 0.1) is 16.4 Å². The van der Waals surface area contributed by atoms with Crippen LogP contribution in [0, 0.1) is 6.92 Å². The molecule has 0 saturated heterocycles. The average molecular weight is 407 g/mol. The van der Waals surface area contributed by atoms with Gasteiger partial charge in [0, 0.05) is 12.3 Å². The van der Waals surface area contributed by atoms with Crippen molar-refractivity contribution in [3.63, 3.8) is 0 Å². The molecule has 0 saturated carbocycles. The molecule has 27 heavy (non-hydrogen) atoms. The molecule has 0 spiro atoms. The smallest absolute Gasteiger partial charge is 0.348 e. The number of carbonyl (C=O) groups excluding carboxylic acids is 3. The predicted molar refractivity (Wildman–Crippen MR) is 101 cm³/mol. The van der Waals surface area contributed by atoms with E-state index in [1.54, 1.807) is 16.8 Å². The van der Waals surface area contributed by atoms with Crippen LogP contribution < -0.4 is 10.9 Å². The lowest BCUT2D eigenvalue weighted by Gasteiger charge is -2.05. The molecule has 140 valence electrons. The van der Waals surface area contributed by atoms with Gasteiger partial charge in [-0.3, -0.25) is 20.4 Å². The van der Waals surface area contributed by atoms with Gasteiger partial charge in [-0.05, 0) is 25.1 Å². The van der Waals surface area contributed by atoms with Crippen LogP contribution >= 0.6 is 22.9 Å². The molecule has 0 bridgehead atoms. The number of hydrogen-bond donors (Lipinski definition) is 2. The molecule has 2 aromatic heterocycles. The van der Waals surface area contributed by atoms with Crippen molar-refractivity contribution >= 4 is 50.9 Å². The van der Waals surface area contributed by atoms with E-state index < -0.39 is 24.4 Å². The molecule has 0 atom stereocenters. The van der Waals surface area contributed by atoms with Crippen LogP contribution in [-0.4, -0.2) is 34.2 Å². The zero-order chi connectivity index (χ0) is 19.6. The number of para-hydroxylation sites is 1. The largest absolute Gasteiger partial charge is 0.451 e. The normalized spacial score (nSPS) is 10.6. The fourth-order valence-corrected chi connectivity index (χ4v) is 3.62. The van der Waals surface area contributed by atoms with E-state index in [4.69, 9.17) is 16.3 Å². The van der Waals surface area contributed by atoms with E-state index >= 15 is 0 Å². The van der Waals surface area contributed by atoms with Gasteiger partial charge in [-0.2, -0.15) is 5.10 Å². The summed E-state index contributed by atoms with van der Waals surface area (Å²) in [5.41, 5.74) is 5.67. The summed E-state index contributed by atoms with van der Waals surface area (Å²) in [5.74, 6) is -1.71. The standard InChI is InChI=1S/C17H15ClN4O4S/c1-9-11-7-14(17(25)26-8-15(24)20-19-10(2)23)27-16(11)22(21-9)13-6-4-3-5-12(13)18/h3-7H,8H2,1-2H3,(H,19,23)(H,20,24). The number of amides is 2. The number of aryl methyl sites for hydroxylation is 1. The van der Waals surface area contributed by atoms with E-state index in [-0.39, 0.29) is 0 Å². The van der Waals surface area contributed by atoms with Crippen molar-refractivity contribution in [1.82, 2.24) is 20.6 Å². The molecule has 2 N–H and O–H groups in total. The second-order valence-electron chi connectivity index (χ2n) is 5.58. The van der Waals surface area contributed by atoms with E-state index in [1.807, 2.05) is 25.1 Å². The fraction of sp³-hybridized carbons (Fsp3) is 0.176. The zero-order valence-electron chi connectivity index (χ0n) is 14.4. The van der Waals surface area contributed by atoms with Gasteiger partial charge in [0.2, 0.25) is 5.91 Å². The Kier molecular flexibility index (Phi) is 5.43. The summed E-state index contributed by atoms with van der Waals surface area (Å²) in [5, 5.41) is 5.82. The molecular formula is C17H15ClN4O4S. The quantitative estimate of drug-likeness (QED) is 0.511. The van der Waals surface area contributed by atoms with Gasteiger partial charge in [0.25, 0.3) is 5.91 Å². The minimum atomic E-state index is -0.641. The molecule has 0 aliphatic heterocycles. The van der Waals surface area contributed by atoms with E-state index in [1.165, 1.54) is 18.3 Å². The average Bonchev–Trinajstić information content (AvgIpc) is 3.19. The third-order valence-corrected chi connectivity index (χ3v) is 4.95. The minimum absolute atomic E-state index is 0.332. The number of nitrogens with zero attached hydrogens (tertiary/aromatic N) is 2. The second kappa shape index (κ2) is 7.77. The maximum absolute atomic E-state index is 12.2. The Bertz CT molecular complexity index is 1040. The van der Waals surface area contributed by atoms with E-state index in [0.29, 0.717) is 15.6 Å². The molecule has 0 aliphatic rings. The van der Waals surface area contributed by atoms with E-state index in [0.717, 1.165) is 15.9 Å². The summed E-state index contributed by atoms with van der Waals surface area (Å²) < 4.78 is 6.66. The number of nitrogens with one attached hydrogen (secondary N) is 2. The molecule has 1 aromatic carbocycles. The molecule has 0 unspecified atom stereocenters. The third-order valence-electron chi connectivity index (χ3n) is 3.54. The van der Waals surface area contributed by atoms with Crippen LogP contribution in [0.25, 0.3) is 15.9 Å². The number of benzene rings is 1. The summed E-state index contributed by atoms with van der Waals surface area (Å²) in [7, 11) is 0. The van der Waals surface area contributed by atoms with E-state index in [2.05, 4.69) is 16.0 Å². The fourth-order valence-electron chi connectivity index (χ4n) is 2.33. The first-order valence-electron chi connectivity index (χ1n) is 7.83. The summed E-state index contributed by atoms with van der Waals surface area (Å²) >= 11 is 7.44. The van der Waals surface area contributed by atoms with Gasteiger partial charge in [-0.15, -0.1) is 11.3 Å². The Labute approximate surface area is 163 Å². The number of aromatic nitrogens is 2. The number of hydrogen-bond acceptors (Lipinski definition) is 6. The Balaban J connectivity index is 1.80. The molecule has 0 fully saturated rings. The highest BCUT2D eigenvalue weighted by Crippen LogP contribution is 2.32. The maximum Gasteiger partial charge on any atom is 0.348 e. The van der Waals surface area contributed by atoms with Crippen LogP contribution in [0.15, 0.2) is 30.3 Å². The van der Waals surface area contributed by atoms with Crippen molar-refractivity contribution in [3.8, 4) is 5.69 Å². The van der Waals surface area contributed by atoms with Gasteiger partial charge < -0.3 is 4.74 Å². The summed E-state index contributed by atoms with van der Waals surface area (Å²) in [6, 6.07) is 8.93. The zero-order valence-corrected chi connectivity index (χ0v) is 16.0. The molecule has 0 aliphatic carbocycles. The minimum Gasteiger partial charge on any atom is -0.451 e. The Hall–Kier alpha value is -2.91. The van der Waals surface area contributed by atoms with Crippen molar-refractivity contribution in [2.75, 3.05) is 6.61 Å². The van der Waals surface area contributed by atoms with Crippen molar-refractivity contribution in [3.05, 3.63) is 45.9 Å². The monoisotopic (exact) mass is 406 g/mol. The van der Waals surface area contributed by atoms with E-state index in [9.17, 15) is 14.4 Å². The summed E-state index contributed by atoms with van der Waals surface area (Å²) in [6.07, 6.45) is 0. The van der Waals surface area contributed by atoms with Crippen molar-refractivity contribution in [1.29, 1.82) is 0 Å². The Morgan fingerprint density at radius 3 is 2.70 bits per heavy atom. The number of carbonyl (C=O) groups is 3. The first-order valence-corrected chi connectivity index (χ1v) is 9.03. The lowest BCUT2D eigenvalue weighted by atomic mass is 10.3. The van der Waals surface area contributed by atoms with Crippen LogP contribution in [0.3, 0.4) is 0 Å².